The van der Waals surface area contributed by atoms with Crippen LogP contribution in [0.25, 0.3) is 0 Å². The van der Waals surface area contributed by atoms with Crippen molar-refractivity contribution in [2.45, 2.75) is 13.3 Å². The molecule has 0 atom stereocenters. The molecule has 0 bridgehead atoms. The summed E-state index contributed by atoms with van der Waals surface area (Å²) in [6, 6.07) is 5.04. The van der Waals surface area contributed by atoms with Gasteiger partial charge in [0, 0.05) is 5.69 Å². The van der Waals surface area contributed by atoms with E-state index >= 15 is 0 Å². The van der Waals surface area contributed by atoms with Crippen LogP contribution < -0.4 is 10.1 Å². The molecule has 0 fully saturated rings. The molecule has 6 heteroatoms. The number of aromatic nitrogens is 1. The first kappa shape index (κ1) is 13.4. The molecule has 0 saturated carbocycles. The molecule has 0 aliphatic carbocycles. The number of hydrogen-bond acceptors (Lipinski definition) is 4. The van der Waals surface area contributed by atoms with Gasteiger partial charge < -0.3 is 14.5 Å². The summed E-state index contributed by atoms with van der Waals surface area (Å²) in [5, 5.41) is 3.17. The van der Waals surface area contributed by atoms with Crippen molar-refractivity contribution in [3.05, 3.63) is 41.1 Å². The van der Waals surface area contributed by atoms with Gasteiger partial charge in [-0.05, 0) is 25.1 Å². The van der Waals surface area contributed by atoms with Gasteiger partial charge in [-0.3, -0.25) is 4.79 Å². The number of benzene rings is 1. The predicted octanol–water partition coefficient (Wildman–Crippen LogP) is 2.83. The maximum absolute atomic E-state index is 11.8. The maximum Gasteiger partial charge on any atom is 0.232 e. The van der Waals surface area contributed by atoms with E-state index in [-0.39, 0.29) is 12.3 Å². The van der Waals surface area contributed by atoms with E-state index in [0.717, 1.165) is 0 Å². The molecule has 100 valence electrons. The summed E-state index contributed by atoms with van der Waals surface area (Å²) >= 11 is 5.98. The molecule has 0 aliphatic rings. The van der Waals surface area contributed by atoms with E-state index in [1.807, 2.05) is 0 Å². The van der Waals surface area contributed by atoms with Crippen molar-refractivity contribution in [3.8, 4) is 5.75 Å². The molecule has 0 aliphatic heterocycles. The molecular weight excluding hydrogens is 268 g/mol. The Hall–Kier alpha value is -2.01. The monoisotopic (exact) mass is 280 g/mol. The van der Waals surface area contributed by atoms with Gasteiger partial charge in [0.15, 0.2) is 6.39 Å². The van der Waals surface area contributed by atoms with Crippen molar-refractivity contribution in [2.24, 2.45) is 0 Å². The maximum atomic E-state index is 11.8. The van der Waals surface area contributed by atoms with Crippen LogP contribution in [0.3, 0.4) is 0 Å². The van der Waals surface area contributed by atoms with Crippen LogP contribution in [0.15, 0.2) is 29.0 Å². The highest BCUT2D eigenvalue weighted by atomic mass is 35.5. The zero-order valence-corrected chi connectivity index (χ0v) is 11.3. The van der Waals surface area contributed by atoms with Crippen LogP contribution >= 0.6 is 11.6 Å². The quantitative estimate of drug-likeness (QED) is 0.935. The first-order chi connectivity index (χ1) is 9.10. The minimum Gasteiger partial charge on any atom is -0.495 e. The summed E-state index contributed by atoms with van der Waals surface area (Å²) < 4.78 is 10.2. The Morgan fingerprint density at radius 2 is 2.32 bits per heavy atom. The average molecular weight is 281 g/mol. The number of nitrogens with one attached hydrogen (secondary N) is 1. The van der Waals surface area contributed by atoms with E-state index in [1.54, 1.807) is 25.1 Å². The number of ether oxygens (including phenoxy) is 1. The van der Waals surface area contributed by atoms with Gasteiger partial charge in [0.2, 0.25) is 5.91 Å². The molecule has 1 amide bonds. The molecule has 5 nitrogen and oxygen atoms in total. The minimum absolute atomic E-state index is 0.134. The molecule has 1 aromatic heterocycles. The van der Waals surface area contributed by atoms with Gasteiger partial charge in [0.25, 0.3) is 0 Å². The molecule has 1 heterocycles. The molecule has 19 heavy (non-hydrogen) atoms. The van der Waals surface area contributed by atoms with Crippen LogP contribution in [0, 0.1) is 6.92 Å². The molecule has 1 N–H and O–H groups in total. The zero-order chi connectivity index (χ0) is 13.8. The van der Waals surface area contributed by atoms with Crippen molar-refractivity contribution >= 4 is 23.2 Å². The molecule has 2 rings (SSSR count). The largest absolute Gasteiger partial charge is 0.495 e. The van der Waals surface area contributed by atoms with Crippen LogP contribution in [0.2, 0.25) is 5.02 Å². The van der Waals surface area contributed by atoms with Crippen LogP contribution in [0.4, 0.5) is 5.69 Å². The summed E-state index contributed by atoms with van der Waals surface area (Å²) in [7, 11) is 1.53. The van der Waals surface area contributed by atoms with Crippen LogP contribution in [0.1, 0.15) is 11.5 Å². The third-order valence-corrected chi connectivity index (χ3v) is 2.90. The van der Waals surface area contributed by atoms with E-state index in [2.05, 4.69) is 10.3 Å². The number of carbonyl (C=O) groups is 1. The van der Waals surface area contributed by atoms with E-state index in [9.17, 15) is 4.79 Å². The second-order valence-electron chi connectivity index (χ2n) is 3.94. The van der Waals surface area contributed by atoms with Crippen molar-refractivity contribution in [1.82, 2.24) is 4.98 Å². The predicted molar refractivity (Wildman–Crippen MR) is 71.6 cm³/mol. The van der Waals surface area contributed by atoms with Gasteiger partial charge in [0.05, 0.1) is 24.2 Å². The third-order valence-electron chi connectivity index (χ3n) is 2.60. The van der Waals surface area contributed by atoms with Crippen LogP contribution in [-0.4, -0.2) is 18.0 Å². The highest BCUT2D eigenvalue weighted by Gasteiger charge is 2.11. The molecule has 0 saturated heterocycles. The van der Waals surface area contributed by atoms with Crippen molar-refractivity contribution in [3.63, 3.8) is 0 Å². The fraction of sp³-hybridized carbons (Fsp3) is 0.231. The second-order valence-corrected chi connectivity index (χ2v) is 4.34. The lowest BCUT2D eigenvalue weighted by atomic mass is 10.2. The second kappa shape index (κ2) is 5.75. The van der Waals surface area contributed by atoms with E-state index < -0.39 is 0 Å². The number of amides is 1. The van der Waals surface area contributed by atoms with Crippen molar-refractivity contribution in [1.29, 1.82) is 0 Å². The Bertz CT molecular complexity index is 595. The normalized spacial score (nSPS) is 10.3. The van der Waals surface area contributed by atoms with Gasteiger partial charge in [0.1, 0.15) is 11.5 Å². The molecule has 1 aromatic carbocycles. The summed E-state index contributed by atoms with van der Waals surface area (Å²) in [5.41, 5.74) is 1.32. The van der Waals surface area contributed by atoms with E-state index in [4.69, 9.17) is 20.8 Å². The first-order valence-corrected chi connectivity index (χ1v) is 6.00. The van der Waals surface area contributed by atoms with Crippen molar-refractivity contribution in [2.75, 3.05) is 12.4 Å². The van der Waals surface area contributed by atoms with Gasteiger partial charge in [-0.2, -0.15) is 0 Å². The number of oxazole rings is 1. The summed E-state index contributed by atoms with van der Waals surface area (Å²) in [6.45, 7) is 1.79. The number of aryl methyl sites for hydroxylation is 1. The highest BCUT2D eigenvalue weighted by molar-refractivity contribution is 6.32. The first-order valence-electron chi connectivity index (χ1n) is 5.62. The number of anilines is 1. The van der Waals surface area contributed by atoms with Gasteiger partial charge >= 0.3 is 0 Å². The molecular formula is C13H13ClN2O3. The lowest BCUT2D eigenvalue weighted by Crippen LogP contribution is -2.14. The SMILES string of the molecule is COc1ccc(NC(=O)Cc2ocnc2C)cc1Cl. The fourth-order valence-corrected chi connectivity index (χ4v) is 1.85. The number of halogens is 1. The Morgan fingerprint density at radius 3 is 2.89 bits per heavy atom. The smallest absolute Gasteiger partial charge is 0.232 e. The van der Waals surface area contributed by atoms with Gasteiger partial charge in [-0.1, -0.05) is 11.6 Å². The summed E-state index contributed by atoms with van der Waals surface area (Å²) in [5.74, 6) is 0.920. The Morgan fingerprint density at radius 1 is 1.53 bits per heavy atom. The molecule has 0 radical (unpaired) electrons. The third kappa shape index (κ3) is 3.26. The lowest BCUT2D eigenvalue weighted by Gasteiger charge is -2.07. The Kier molecular flexibility index (Phi) is 4.06. The van der Waals surface area contributed by atoms with Crippen molar-refractivity contribution < 1.29 is 13.9 Å². The molecule has 2 aromatic rings. The Labute approximate surface area is 115 Å². The summed E-state index contributed by atoms with van der Waals surface area (Å²) in [4.78, 5) is 15.8. The standard InChI is InChI=1S/C13H13ClN2O3/c1-8-12(19-7-15-8)6-13(17)16-9-3-4-11(18-2)10(14)5-9/h3-5,7H,6H2,1-2H3,(H,16,17). The minimum atomic E-state index is -0.193. The highest BCUT2D eigenvalue weighted by Crippen LogP contribution is 2.27. The molecule has 0 spiro atoms. The van der Waals surface area contributed by atoms with Gasteiger partial charge in [-0.15, -0.1) is 0 Å². The Balaban J connectivity index is 2.03. The van der Waals surface area contributed by atoms with Gasteiger partial charge in [-0.25, -0.2) is 4.98 Å². The number of nitrogens with zero attached hydrogens (tertiary/aromatic N) is 1. The number of hydrogen-bond donors (Lipinski definition) is 1. The zero-order valence-electron chi connectivity index (χ0n) is 10.6. The van der Waals surface area contributed by atoms with Crippen LogP contribution in [-0.2, 0) is 11.2 Å². The summed E-state index contributed by atoms with van der Waals surface area (Å²) in [6.07, 6.45) is 1.46. The number of carbonyl (C=O) groups excluding carboxylic acids is 1. The topological polar surface area (TPSA) is 64.4 Å². The fourth-order valence-electron chi connectivity index (χ4n) is 1.59. The number of methoxy groups -OCH3 is 1. The van der Waals surface area contributed by atoms with E-state index in [0.29, 0.717) is 27.9 Å². The lowest BCUT2D eigenvalue weighted by molar-refractivity contribution is -0.115. The average Bonchev–Trinajstić information content (AvgIpc) is 2.75. The number of rotatable bonds is 4. The molecule has 0 unspecified atom stereocenters. The van der Waals surface area contributed by atoms with Crippen LogP contribution in [0.5, 0.6) is 5.75 Å². The van der Waals surface area contributed by atoms with E-state index in [1.165, 1.54) is 13.5 Å².